The Morgan fingerprint density at radius 1 is 1.36 bits per heavy atom. The summed E-state index contributed by atoms with van der Waals surface area (Å²) in [5.41, 5.74) is 6.36. The first-order valence-corrected chi connectivity index (χ1v) is 5.39. The molecule has 0 aliphatic rings. The number of aromatic nitrogens is 2. The van der Waals surface area contributed by atoms with Gasteiger partial charge >= 0.3 is 0 Å². The van der Waals surface area contributed by atoms with E-state index in [9.17, 15) is 0 Å². The Labute approximate surface area is 92.5 Å². The van der Waals surface area contributed by atoms with Gasteiger partial charge in [0.15, 0.2) is 0 Å². The van der Waals surface area contributed by atoms with Crippen LogP contribution >= 0.6 is 15.9 Å². The van der Waals surface area contributed by atoms with Gasteiger partial charge in [-0.3, -0.25) is 0 Å². The molecule has 14 heavy (non-hydrogen) atoms. The molecule has 0 amide bonds. The summed E-state index contributed by atoms with van der Waals surface area (Å²) in [5, 5.41) is 3.22. The molecule has 1 heterocycles. The molecule has 4 nitrogen and oxygen atoms in total. The molecule has 0 aliphatic carbocycles. The molecule has 0 radical (unpaired) electrons. The van der Waals surface area contributed by atoms with E-state index >= 15 is 0 Å². The van der Waals surface area contributed by atoms with Gasteiger partial charge in [-0.15, -0.1) is 0 Å². The van der Waals surface area contributed by atoms with E-state index in [1.54, 1.807) is 0 Å². The second-order valence-electron chi connectivity index (χ2n) is 3.09. The zero-order valence-electron chi connectivity index (χ0n) is 8.47. The number of nitrogens with two attached hydrogens (primary N) is 1. The van der Waals surface area contributed by atoms with Crippen LogP contribution in [0.1, 0.15) is 17.9 Å². The van der Waals surface area contributed by atoms with Gasteiger partial charge in [0, 0.05) is 6.54 Å². The van der Waals surface area contributed by atoms with Crippen molar-refractivity contribution in [1.82, 2.24) is 9.97 Å². The quantitative estimate of drug-likeness (QED) is 0.806. The minimum absolute atomic E-state index is 0.688. The second-order valence-corrected chi connectivity index (χ2v) is 3.88. The predicted octanol–water partition coefficient (Wildman–Crippen LogP) is 1.62. The molecule has 1 rings (SSSR count). The number of rotatable bonds is 4. The molecule has 0 aliphatic heterocycles. The SMILES string of the molecule is Cc1nc(C)c(Br)c(NCCCN)n1. The zero-order valence-corrected chi connectivity index (χ0v) is 10.1. The van der Waals surface area contributed by atoms with Gasteiger partial charge in [-0.05, 0) is 42.7 Å². The van der Waals surface area contributed by atoms with E-state index in [0.29, 0.717) is 6.54 Å². The second kappa shape index (κ2) is 5.26. The lowest BCUT2D eigenvalue weighted by Gasteiger charge is -2.09. The third-order valence-corrected chi connectivity index (χ3v) is 2.75. The van der Waals surface area contributed by atoms with Crippen molar-refractivity contribution < 1.29 is 0 Å². The van der Waals surface area contributed by atoms with Crippen molar-refractivity contribution in [2.75, 3.05) is 18.4 Å². The lowest BCUT2D eigenvalue weighted by molar-refractivity contribution is 0.863. The van der Waals surface area contributed by atoms with Crippen molar-refractivity contribution in [2.45, 2.75) is 20.3 Å². The van der Waals surface area contributed by atoms with Gasteiger partial charge in [0.25, 0.3) is 0 Å². The molecular formula is C9H15BrN4. The van der Waals surface area contributed by atoms with Crippen molar-refractivity contribution in [3.63, 3.8) is 0 Å². The largest absolute Gasteiger partial charge is 0.369 e. The average molecular weight is 259 g/mol. The Balaban J connectivity index is 2.75. The van der Waals surface area contributed by atoms with Gasteiger partial charge in [0.1, 0.15) is 11.6 Å². The molecule has 0 atom stereocenters. The van der Waals surface area contributed by atoms with Gasteiger partial charge < -0.3 is 11.1 Å². The molecular weight excluding hydrogens is 244 g/mol. The molecule has 5 heteroatoms. The maximum Gasteiger partial charge on any atom is 0.144 e. The number of nitrogens with zero attached hydrogens (tertiary/aromatic N) is 2. The summed E-state index contributed by atoms with van der Waals surface area (Å²) >= 11 is 3.45. The lowest BCUT2D eigenvalue weighted by Crippen LogP contribution is -2.11. The van der Waals surface area contributed by atoms with E-state index in [0.717, 1.165) is 34.8 Å². The third kappa shape index (κ3) is 2.92. The molecule has 0 spiro atoms. The fourth-order valence-electron chi connectivity index (χ4n) is 1.13. The van der Waals surface area contributed by atoms with Gasteiger partial charge in [0.2, 0.25) is 0 Å². The van der Waals surface area contributed by atoms with Crippen LogP contribution in [-0.2, 0) is 0 Å². The van der Waals surface area contributed by atoms with Crippen LogP contribution in [-0.4, -0.2) is 23.1 Å². The normalized spacial score (nSPS) is 10.3. The highest BCUT2D eigenvalue weighted by Gasteiger charge is 2.05. The minimum Gasteiger partial charge on any atom is -0.369 e. The summed E-state index contributed by atoms with van der Waals surface area (Å²) in [6, 6.07) is 0. The van der Waals surface area contributed by atoms with Crippen LogP contribution in [0, 0.1) is 13.8 Å². The number of halogens is 1. The fraction of sp³-hybridized carbons (Fsp3) is 0.556. The number of hydrogen-bond acceptors (Lipinski definition) is 4. The highest BCUT2D eigenvalue weighted by molar-refractivity contribution is 9.10. The number of aryl methyl sites for hydroxylation is 2. The van der Waals surface area contributed by atoms with E-state index in [4.69, 9.17) is 5.73 Å². The van der Waals surface area contributed by atoms with Crippen molar-refractivity contribution in [3.8, 4) is 0 Å². The van der Waals surface area contributed by atoms with Gasteiger partial charge in [-0.2, -0.15) is 0 Å². The standard InChI is InChI=1S/C9H15BrN4/c1-6-8(10)9(12-5-3-4-11)14-7(2)13-6/h3-5,11H2,1-2H3,(H,12,13,14). The highest BCUT2D eigenvalue weighted by Crippen LogP contribution is 2.22. The van der Waals surface area contributed by atoms with E-state index in [-0.39, 0.29) is 0 Å². The topological polar surface area (TPSA) is 63.8 Å². The molecule has 0 saturated carbocycles. The summed E-state index contributed by atoms with van der Waals surface area (Å²) in [6.45, 7) is 5.36. The predicted molar refractivity (Wildman–Crippen MR) is 61.4 cm³/mol. The monoisotopic (exact) mass is 258 g/mol. The Morgan fingerprint density at radius 2 is 2.07 bits per heavy atom. The van der Waals surface area contributed by atoms with Crippen molar-refractivity contribution in [3.05, 3.63) is 16.0 Å². The molecule has 0 bridgehead atoms. The van der Waals surface area contributed by atoms with E-state index in [2.05, 4.69) is 31.2 Å². The Hall–Kier alpha value is -0.680. The van der Waals surface area contributed by atoms with Crippen LogP contribution in [0.4, 0.5) is 5.82 Å². The Kier molecular flexibility index (Phi) is 4.28. The summed E-state index contributed by atoms with van der Waals surface area (Å²) in [4.78, 5) is 8.53. The maximum absolute atomic E-state index is 5.41. The van der Waals surface area contributed by atoms with Crippen molar-refractivity contribution in [1.29, 1.82) is 0 Å². The van der Waals surface area contributed by atoms with Crippen LogP contribution in [0.15, 0.2) is 4.47 Å². The maximum atomic E-state index is 5.41. The smallest absolute Gasteiger partial charge is 0.144 e. The van der Waals surface area contributed by atoms with Gasteiger partial charge in [-0.1, -0.05) is 0 Å². The number of anilines is 1. The summed E-state index contributed by atoms with van der Waals surface area (Å²) in [7, 11) is 0. The highest BCUT2D eigenvalue weighted by atomic mass is 79.9. The van der Waals surface area contributed by atoms with Gasteiger partial charge in [-0.25, -0.2) is 9.97 Å². The molecule has 0 saturated heterocycles. The average Bonchev–Trinajstić information content (AvgIpc) is 2.13. The first kappa shape index (κ1) is 11.4. The molecule has 3 N–H and O–H groups in total. The van der Waals surface area contributed by atoms with E-state index in [1.807, 2.05) is 13.8 Å². The molecule has 78 valence electrons. The van der Waals surface area contributed by atoms with Crippen LogP contribution in [0.5, 0.6) is 0 Å². The van der Waals surface area contributed by atoms with Crippen LogP contribution in [0.3, 0.4) is 0 Å². The minimum atomic E-state index is 0.688. The Bertz CT molecular complexity index is 314. The third-order valence-electron chi connectivity index (χ3n) is 1.80. The lowest BCUT2D eigenvalue weighted by atomic mass is 10.4. The first-order chi connectivity index (χ1) is 6.65. The van der Waals surface area contributed by atoms with E-state index < -0.39 is 0 Å². The van der Waals surface area contributed by atoms with Crippen LogP contribution in [0.2, 0.25) is 0 Å². The Morgan fingerprint density at radius 3 is 2.71 bits per heavy atom. The van der Waals surface area contributed by atoms with Crippen molar-refractivity contribution >= 4 is 21.7 Å². The number of hydrogen-bond donors (Lipinski definition) is 2. The molecule has 0 unspecified atom stereocenters. The summed E-state index contributed by atoms with van der Waals surface area (Å²) in [5.74, 6) is 1.63. The van der Waals surface area contributed by atoms with Crippen molar-refractivity contribution in [2.24, 2.45) is 5.73 Å². The van der Waals surface area contributed by atoms with E-state index in [1.165, 1.54) is 0 Å². The van der Waals surface area contributed by atoms with Gasteiger partial charge in [0.05, 0.1) is 10.2 Å². The first-order valence-electron chi connectivity index (χ1n) is 4.60. The summed E-state index contributed by atoms with van der Waals surface area (Å²) < 4.78 is 0.931. The zero-order chi connectivity index (χ0) is 10.6. The van der Waals surface area contributed by atoms with Crippen LogP contribution < -0.4 is 11.1 Å². The van der Waals surface area contributed by atoms with Crippen LogP contribution in [0.25, 0.3) is 0 Å². The molecule has 1 aromatic heterocycles. The fourth-order valence-corrected chi connectivity index (χ4v) is 1.44. The summed E-state index contributed by atoms with van der Waals surface area (Å²) in [6.07, 6.45) is 0.939. The molecule has 0 fully saturated rings. The number of nitrogens with one attached hydrogen (secondary N) is 1. The molecule has 0 aromatic carbocycles. The molecule has 1 aromatic rings.